The highest BCUT2D eigenvalue weighted by Crippen LogP contribution is 2.35. The number of anilines is 1. The van der Waals surface area contributed by atoms with Crippen LogP contribution in [-0.4, -0.2) is 30.2 Å². The van der Waals surface area contributed by atoms with Gasteiger partial charge in [-0.05, 0) is 24.8 Å². The van der Waals surface area contributed by atoms with Gasteiger partial charge in [-0.1, -0.05) is 19.3 Å². The van der Waals surface area contributed by atoms with Gasteiger partial charge in [-0.15, -0.1) is 0 Å². The van der Waals surface area contributed by atoms with Crippen molar-refractivity contribution in [3.05, 3.63) is 12.3 Å². The lowest BCUT2D eigenvalue weighted by molar-refractivity contribution is 0.215. The highest BCUT2D eigenvalue weighted by atomic mass is 16.5. The molecule has 0 spiro atoms. The third-order valence-electron chi connectivity index (χ3n) is 3.81. The first-order valence-electron chi connectivity index (χ1n) is 6.59. The molecule has 0 unspecified atom stereocenters. The Morgan fingerprint density at radius 3 is 2.83 bits per heavy atom. The van der Waals surface area contributed by atoms with Gasteiger partial charge in [-0.3, -0.25) is 0 Å². The number of aromatic nitrogens is 2. The molecule has 1 fully saturated rings. The van der Waals surface area contributed by atoms with Crippen LogP contribution >= 0.6 is 0 Å². The fourth-order valence-corrected chi connectivity index (χ4v) is 2.56. The third kappa shape index (κ3) is 3.10. The highest BCUT2D eigenvalue weighted by Gasteiger charge is 2.30. The predicted molar refractivity (Wildman–Crippen MR) is 71.6 cm³/mol. The van der Waals surface area contributed by atoms with E-state index < -0.39 is 0 Å². The molecule has 1 aliphatic rings. The molecule has 0 saturated heterocycles. The van der Waals surface area contributed by atoms with Gasteiger partial charge in [0, 0.05) is 18.8 Å². The largest absolute Gasteiger partial charge is 0.481 e. The van der Waals surface area contributed by atoms with Gasteiger partial charge < -0.3 is 15.8 Å². The first kappa shape index (κ1) is 13.1. The molecule has 0 bridgehead atoms. The summed E-state index contributed by atoms with van der Waals surface area (Å²) in [7, 11) is 1.61. The zero-order valence-corrected chi connectivity index (χ0v) is 11.0. The Hall–Kier alpha value is -1.36. The molecule has 0 aromatic carbocycles. The van der Waals surface area contributed by atoms with Crippen molar-refractivity contribution in [2.45, 2.75) is 32.1 Å². The van der Waals surface area contributed by atoms with Gasteiger partial charge in [0.1, 0.15) is 0 Å². The first-order chi connectivity index (χ1) is 8.78. The number of rotatable bonds is 5. The van der Waals surface area contributed by atoms with Crippen LogP contribution in [-0.2, 0) is 0 Å². The third-order valence-corrected chi connectivity index (χ3v) is 3.81. The highest BCUT2D eigenvalue weighted by molar-refractivity contribution is 5.27. The lowest BCUT2D eigenvalue weighted by atomic mass is 9.74. The van der Waals surface area contributed by atoms with Crippen molar-refractivity contribution in [3.8, 4) is 5.88 Å². The van der Waals surface area contributed by atoms with Crippen molar-refractivity contribution < 1.29 is 4.74 Å². The smallest absolute Gasteiger partial charge is 0.225 e. The van der Waals surface area contributed by atoms with Crippen LogP contribution < -0.4 is 15.8 Å². The second-order valence-electron chi connectivity index (χ2n) is 5.04. The Morgan fingerprint density at radius 2 is 2.17 bits per heavy atom. The molecule has 3 N–H and O–H groups in total. The standard InChI is InChI=1S/C13H22N4O/c1-18-11-5-8-15-12(17-11)16-10-13(9-14)6-3-2-4-7-13/h5,8H,2-4,6-7,9-10,14H2,1H3,(H,15,16,17). The van der Waals surface area contributed by atoms with Gasteiger partial charge >= 0.3 is 0 Å². The Bertz CT molecular complexity index is 377. The van der Waals surface area contributed by atoms with Gasteiger partial charge in [0.25, 0.3) is 0 Å². The van der Waals surface area contributed by atoms with Gasteiger partial charge in [0.15, 0.2) is 0 Å². The van der Waals surface area contributed by atoms with Gasteiger partial charge in [-0.2, -0.15) is 4.98 Å². The number of nitrogens with two attached hydrogens (primary N) is 1. The summed E-state index contributed by atoms with van der Waals surface area (Å²) >= 11 is 0. The van der Waals surface area contributed by atoms with Gasteiger partial charge in [-0.25, -0.2) is 4.98 Å². The predicted octanol–water partition coefficient (Wildman–Crippen LogP) is 1.81. The lowest BCUT2D eigenvalue weighted by Crippen LogP contribution is -2.39. The number of hydrogen-bond acceptors (Lipinski definition) is 5. The number of nitrogens with one attached hydrogen (secondary N) is 1. The molecule has 5 heteroatoms. The van der Waals surface area contributed by atoms with E-state index in [0.29, 0.717) is 11.8 Å². The molecular weight excluding hydrogens is 228 g/mol. The van der Waals surface area contributed by atoms with E-state index >= 15 is 0 Å². The molecule has 5 nitrogen and oxygen atoms in total. The van der Waals surface area contributed by atoms with E-state index in [4.69, 9.17) is 10.5 Å². The minimum absolute atomic E-state index is 0.213. The summed E-state index contributed by atoms with van der Waals surface area (Å²) in [6, 6.07) is 1.74. The summed E-state index contributed by atoms with van der Waals surface area (Å²) in [5, 5.41) is 3.30. The maximum Gasteiger partial charge on any atom is 0.225 e. The molecule has 1 aromatic rings. The average Bonchev–Trinajstić information content (AvgIpc) is 2.46. The summed E-state index contributed by atoms with van der Waals surface area (Å²) in [4.78, 5) is 8.45. The summed E-state index contributed by atoms with van der Waals surface area (Å²) < 4.78 is 5.08. The van der Waals surface area contributed by atoms with E-state index in [0.717, 1.165) is 13.1 Å². The van der Waals surface area contributed by atoms with Crippen LogP contribution in [0.15, 0.2) is 12.3 Å². The van der Waals surface area contributed by atoms with E-state index in [1.165, 1.54) is 32.1 Å². The molecule has 1 heterocycles. The SMILES string of the molecule is COc1ccnc(NCC2(CN)CCCCC2)n1. The maximum absolute atomic E-state index is 5.95. The summed E-state index contributed by atoms with van der Waals surface area (Å²) in [5.41, 5.74) is 6.17. The number of methoxy groups -OCH3 is 1. The lowest BCUT2D eigenvalue weighted by Gasteiger charge is -2.36. The molecule has 0 radical (unpaired) electrons. The minimum atomic E-state index is 0.213. The minimum Gasteiger partial charge on any atom is -0.481 e. The molecule has 18 heavy (non-hydrogen) atoms. The molecule has 0 atom stereocenters. The number of nitrogens with zero attached hydrogens (tertiary/aromatic N) is 2. The molecule has 2 rings (SSSR count). The van der Waals surface area contributed by atoms with Crippen LogP contribution in [0.5, 0.6) is 5.88 Å². The van der Waals surface area contributed by atoms with Crippen molar-refractivity contribution in [1.29, 1.82) is 0 Å². The normalized spacial score (nSPS) is 18.3. The zero-order chi connectivity index (χ0) is 12.8. The summed E-state index contributed by atoms with van der Waals surface area (Å²) in [6.45, 7) is 1.57. The van der Waals surface area contributed by atoms with Crippen LogP contribution in [0.25, 0.3) is 0 Å². The van der Waals surface area contributed by atoms with Crippen molar-refractivity contribution in [3.63, 3.8) is 0 Å². The van der Waals surface area contributed by atoms with E-state index in [9.17, 15) is 0 Å². The Balaban J connectivity index is 1.96. The van der Waals surface area contributed by atoms with Crippen molar-refractivity contribution in [1.82, 2.24) is 9.97 Å². The second-order valence-corrected chi connectivity index (χ2v) is 5.04. The second kappa shape index (κ2) is 6.00. The van der Waals surface area contributed by atoms with Gasteiger partial charge in [0.05, 0.1) is 7.11 Å². The molecule has 1 aliphatic carbocycles. The number of ether oxygens (including phenoxy) is 1. The zero-order valence-electron chi connectivity index (χ0n) is 11.0. The van der Waals surface area contributed by atoms with Crippen molar-refractivity contribution in [2.24, 2.45) is 11.1 Å². The van der Waals surface area contributed by atoms with Crippen LogP contribution in [0.2, 0.25) is 0 Å². The number of hydrogen-bond donors (Lipinski definition) is 2. The van der Waals surface area contributed by atoms with E-state index in [1.807, 2.05) is 0 Å². The van der Waals surface area contributed by atoms with E-state index in [2.05, 4.69) is 15.3 Å². The Morgan fingerprint density at radius 1 is 1.39 bits per heavy atom. The summed E-state index contributed by atoms with van der Waals surface area (Å²) in [5.74, 6) is 1.20. The topological polar surface area (TPSA) is 73.1 Å². The molecule has 1 saturated carbocycles. The maximum atomic E-state index is 5.95. The molecular formula is C13H22N4O. The van der Waals surface area contributed by atoms with E-state index in [-0.39, 0.29) is 5.41 Å². The van der Waals surface area contributed by atoms with Crippen molar-refractivity contribution in [2.75, 3.05) is 25.5 Å². The average molecular weight is 250 g/mol. The van der Waals surface area contributed by atoms with Crippen LogP contribution in [0.1, 0.15) is 32.1 Å². The summed E-state index contributed by atoms with van der Waals surface area (Å²) in [6.07, 6.45) is 7.97. The van der Waals surface area contributed by atoms with Crippen LogP contribution in [0.3, 0.4) is 0 Å². The van der Waals surface area contributed by atoms with Crippen LogP contribution in [0, 0.1) is 5.41 Å². The quantitative estimate of drug-likeness (QED) is 0.833. The molecule has 0 amide bonds. The van der Waals surface area contributed by atoms with E-state index in [1.54, 1.807) is 19.4 Å². The van der Waals surface area contributed by atoms with Crippen molar-refractivity contribution >= 4 is 5.95 Å². The fraction of sp³-hybridized carbons (Fsp3) is 0.692. The molecule has 1 aromatic heterocycles. The Labute approximate surface area is 108 Å². The fourth-order valence-electron chi connectivity index (χ4n) is 2.56. The van der Waals surface area contributed by atoms with Crippen LogP contribution in [0.4, 0.5) is 5.95 Å². The van der Waals surface area contributed by atoms with Gasteiger partial charge in [0.2, 0.25) is 11.8 Å². The molecule has 100 valence electrons. The molecule has 0 aliphatic heterocycles. The first-order valence-corrected chi connectivity index (χ1v) is 6.59. The Kier molecular flexibility index (Phi) is 4.36. The monoisotopic (exact) mass is 250 g/mol.